The topological polar surface area (TPSA) is 78.0 Å². The number of amides is 1. The maximum atomic E-state index is 13.7. The minimum absolute atomic E-state index is 0.104. The van der Waals surface area contributed by atoms with Crippen LogP contribution in [0.15, 0.2) is 42.6 Å². The van der Waals surface area contributed by atoms with Gasteiger partial charge in [0.05, 0.1) is 44.2 Å². The third kappa shape index (κ3) is 4.14. The van der Waals surface area contributed by atoms with Crippen molar-refractivity contribution in [1.82, 2.24) is 9.88 Å². The number of nitrogens with zero attached hydrogens (tertiary/aromatic N) is 2. The summed E-state index contributed by atoms with van der Waals surface area (Å²) in [6.45, 7) is 0.851. The van der Waals surface area contributed by atoms with E-state index < -0.39 is 11.9 Å². The van der Waals surface area contributed by atoms with E-state index in [2.05, 4.69) is 4.98 Å². The van der Waals surface area contributed by atoms with Gasteiger partial charge in [0.1, 0.15) is 12.4 Å². The average molecular weight is 414 g/mol. The van der Waals surface area contributed by atoms with Gasteiger partial charge in [-0.2, -0.15) is 0 Å². The first-order chi connectivity index (χ1) is 14.6. The van der Waals surface area contributed by atoms with Crippen LogP contribution in [0.3, 0.4) is 0 Å². The number of methoxy groups -OCH3 is 1. The van der Waals surface area contributed by atoms with Crippen molar-refractivity contribution in [3.8, 4) is 5.88 Å². The molecule has 1 amide bonds. The molecule has 2 atom stereocenters. The number of carbonyl (C=O) groups excluding carboxylic acids is 2. The van der Waals surface area contributed by atoms with E-state index in [1.807, 2.05) is 30.3 Å². The van der Waals surface area contributed by atoms with Crippen LogP contribution >= 0.6 is 0 Å². The maximum Gasteiger partial charge on any atom is 0.410 e. The first kappa shape index (κ1) is 20.3. The number of ketones is 1. The summed E-state index contributed by atoms with van der Waals surface area (Å²) < 4.78 is 29.9. The van der Waals surface area contributed by atoms with Crippen molar-refractivity contribution in [3.63, 3.8) is 0 Å². The summed E-state index contributed by atoms with van der Waals surface area (Å²) in [5.41, 5.74) is 1.03. The highest BCUT2D eigenvalue weighted by Gasteiger charge is 2.45. The molecule has 7 nitrogen and oxygen atoms in total. The predicted molar refractivity (Wildman–Crippen MR) is 105 cm³/mol. The van der Waals surface area contributed by atoms with Crippen LogP contribution in [0, 0.1) is 11.7 Å². The molecule has 8 heteroatoms. The van der Waals surface area contributed by atoms with Gasteiger partial charge in [-0.15, -0.1) is 0 Å². The maximum absolute atomic E-state index is 13.7. The fourth-order valence-electron chi connectivity index (χ4n) is 4.21. The molecule has 4 rings (SSSR count). The molecule has 2 saturated heterocycles. The molecule has 2 bridgehead atoms. The first-order valence-corrected chi connectivity index (χ1v) is 9.87. The van der Waals surface area contributed by atoms with Crippen LogP contribution in [-0.4, -0.2) is 54.2 Å². The van der Waals surface area contributed by atoms with E-state index in [4.69, 9.17) is 14.2 Å². The molecule has 1 aromatic carbocycles. The molecule has 3 heterocycles. The fourth-order valence-corrected chi connectivity index (χ4v) is 4.21. The standard InChI is InChI=1S/C22H23FN2O5/c1-28-21-19(9-16(23)10-24-21)20(26)15-7-17-12-29-13-18(8-15)25(17)22(27)30-11-14-5-3-2-4-6-14/h2-6,9-10,15,17-18H,7-8,11-13H2,1H3. The van der Waals surface area contributed by atoms with E-state index in [0.717, 1.165) is 17.8 Å². The molecule has 0 saturated carbocycles. The molecule has 2 aromatic rings. The Morgan fingerprint density at radius 3 is 2.57 bits per heavy atom. The Balaban J connectivity index is 1.46. The van der Waals surface area contributed by atoms with E-state index in [1.165, 1.54) is 7.11 Å². The van der Waals surface area contributed by atoms with Crippen LogP contribution in [0.5, 0.6) is 5.88 Å². The molecular formula is C22H23FN2O5. The lowest BCUT2D eigenvalue weighted by molar-refractivity contribution is -0.0755. The summed E-state index contributed by atoms with van der Waals surface area (Å²) in [6, 6.07) is 10.1. The highest BCUT2D eigenvalue weighted by molar-refractivity contribution is 6.00. The molecule has 0 radical (unpaired) electrons. The molecular weight excluding hydrogens is 391 g/mol. The number of pyridine rings is 1. The van der Waals surface area contributed by atoms with Gasteiger partial charge in [0, 0.05) is 5.92 Å². The Hall–Kier alpha value is -3.00. The van der Waals surface area contributed by atoms with Crippen LogP contribution in [0.1, 0.15) is 28.8 Å². The van der Waals surface area contributed by atoms with Gasteiger partial charge in [0.25, 0.3) is 0 Å². The van der Waals surface area contributed by atoms with E-state index >= 15 is 0 Å². The zero-order valence-corrected chi connectivity index (χ0v) is 16.6. The molecule has 2 fully saturated rings. The zero-order valence-electron chi connectivity index (χ0n) is 16.6. The minimum Gasteiger partial charge on any atom is -0.480 e. The number of ether oxygens (including phenoxy) is 3. The SMILES string of the molecule is COc1ncc(F)cc1C(=O)C1CC2COCC(C1)N2C(=O)OCc1ccccc1. The molecule has 0 aliphatic carbocycles. The monoisotopic (exact) mass is 414 g/mol. The Labute approximate surface area is 173 Å². The van der Waals surface area contributed by atoms with Crippen molar-refractivity contribution >= 4 is 11.9 Å². The van der Waals surface area contributed by atoms with Gasteiger partial charge in [0.2, 0.25) is 5.88 Å². The van der Waals surface area contributed by atoms with E-state index in [-0.39, 0.29) is 41.8 Å². The Morgan fingerprint density at radius 2 is 1.90 bits per heavy atom. The second kappa shape index (κ2) is 8.79. The summed E-state index contributed by atoms with van der Waals surface area (Å²) in [6.07, 6.45) is 1.43. The largest absolute Gasteiger partial charge is 0.480 e. The number of morpholine rings is 1. The smallest absolute Gasteiger partial charge is 0.410 e. The summed E-state index contributed by atoms with van der Waals surface area (Å²) >= 11 is 0. The van der Waals surface area contributed by atoms with Gasteiger partial charge in [0.15, 0.2) is 5.78 Å². The van der Waals surface area contributed by atoms with Crippen LogP contribution in [0.25, 0.3) is 0 Å². The number of hydrogen-bond donors (Lipinski definition) is 0. The number of fused-ring (bicyclic) bond motifs is 2. The number of piperidine rings is 1. The number of rotatable bonds is 5. The van der Waals surface area contributed by atoms with Crippen molar-refractivity contribution in [2.24, 2.45) is 5.92 Å². The lowest BCUT2D eigenvalue weighted by Crippen LogP contribution is -2.59. The van der Waals surface area contributed by atoms with Gasteiger partial charge in [-0.05, 0) is 24.5 Å². The van der Waals surface area contributed by atoms with Gasteiger partial charge in [-0.1, -0.05) is 30.3 Å². The Kier molecular flexibility index (Phi) is 5.94. The molecule has 1 aromatic heterocycles. The summed E-state index contributed by atoms with van der Waals surface area (Å²) in [7, 11) is 1.39. The predicted octanol–water partition coefficient (Wildman–Crippen LogP) is 3.23. The third-order valence-electron chi connectivity index (χ3n) is 5.58. The number of halogens is 1. The highest BCUT2D eigenvalue weighted by atomic mass is 19.1. The molecule has 2 aliphatic heterocycles. The molecule has 0 spiro atoms. The van der Waals surface area contributed by atoms with Crippen LogP contribution < -0.4 is 4.74 Å². The van der Waals surface area contributed by atoms with Gasteiger partial charge >= 0.3 is 6.09 Å². The summed E-state index contributed by atoms with van der Waals surface area (Å²) in [5.74, 6) is -1.09. The van der Waals surface area contributed by atoms with Crippen molar-refractivity contribution in [2.75, 3.05) is 20.3 Å². The van der Waals surface area contributed by atoms with Gasteiger partial charge in [-0.3, -0.25) is 9.69 Å². The van der Waals surface area contributed by atoms with Crippen LogP contribution in [0.4, 0.5) is 9.18 Å². The highest BCUT2D eigenvalue weighted by Crippen LogP contribution is 2.35. The van der Waals surface area contributed by atoms with Crippen LogP contribution in [-0.2, 0) is 16.1 Å². The van der Waals surface area contributed by atoms with Crippen molar-refractivity contribution in [1.29, 1.82) is 0 Å². The quantitative estimate of drug-likeness (QED) is 0.699. The van der Waals surface area contributed by atoms with E-state index in [9.17, 15) is 14.0 Å². The number of benzene rings is 1. The van der Waals surface area contributed by atoms with Crippen molar-refractivity contribution < 1.29 is 28.2 Å². The number of Topliss-reactive ketones (excluding diaryl/α,β-unsaturated/α-hetero) is 1. The zero-order chi connectivity index (χ0) is 21.1. The van der Waals surface area contributed by atoms with Gasteiger partial charge < -0.3 is 14.2 Å². The fraction of sp³-hybridized carbons (Fsp3) is 0.409. The van der Waals surface area contributed by atoms with Crippen molar-refractivity contribution in [2.45, 2.75) is 31.5 Å². The Morgan fingerprint density at radius 1 is 1.20 bits per heavy atom. The first-order valence-electron chi connectivity index (χ1n) is 9.87. The van der Waals surface area contributed by atoms with E-state index in [1.54, 1.807) is 4.90 Å². The molecule has 2 unspecified atom stereocenters. The minimum atomic E-state index is -0.593. The third-order valence-corrected chi connectivity index (χ3v) is 5.58. The molecule has 158 valence electrons. The summed E-state index contributed by atoms with van der Waals surface area (Å²) in [5, 5.41) is 0. The normalized spacial score (nSPS) is 23.0. The summed E-state index contributed by atoms with van der Waals surface area (Å²) in [4.78, 5) is 31.4. The molecule has 2 aliphatic rings. The lowest BCUT2D eigenvalue weighted by Gasteiger charge is -2.47. The average Bonchev–Trinajstić information content (AvgIpc) is 2.76. The second-order valence-electron chi connectivity index (χ2n) is 7.54. The molecule has 0 N–H and O–H groups in total. The second-order valence-corrected chi connectivity index (χ2v) is 7.54. The number of carbonyl (C=O) groups is 2. The van der Waals surface area contributed by atoms with Crippen molar-refractivity contribution in [3.05, 3.63) is 59.5 Å². The van der Waals surface area contributed by atoms with Crippen LogP contribution in [0.2, 0.25) is 0 Å². The van der Waals surface area contributed by atoms with E-state index in [0.29, 0.717) is 26.1 Å². The molecule has 30 heavy (non-hydrogen) atoms. The number of hydrogen-bond acceptors (Lipinski definition) is 6. The number of aromatic nitrogens is 1. The van der Waals surface area contributed by atoms with Gasteiger partial charge in [-0.25, -0.2) is 14.2 Å². The lowest BCUT2D eigenvalue weighted by atomic mass is 9.81. The Bertz CT molecular complexity index is 909.